The number of amides is 8. The van der Waals surface area contributed by atoms with E-state index in [4.69, 9.17) is 37.9 Å². The van der Waals surface area contributed by atoms with Gasteiger partial charge in [0.1, 0.15) is 59.5 Å². The number of aliphatic hydroxyl groups excluding tert-OH is 3. The molecule has 1 aromatic heterocycles. The Bertz CT molecular complexity index is 2640. The van der Waals surface area contributed by atoms with E-state index in [1.54, 1.807) is 32.0 Å². The molecular formula is C53H79N15O13. The molecule has 28 nitrogen and oxygen atoms in total. The van der Waals surface area contributed by atoms with Crippen LogP contribution < -0.4 is 75.9 Å². The number of rotatable bonds is 21. The molecule has 2 aromatic carbocycles. The van der Waals surface area contributed by atoms with Gasteiger partial charge in [0.05, 0.1) is 18.8 Å². The average molecular weight is 1130 g/mol. The molecule has 0 bridgehead atoms. The number of guanidine groups is 1. The molecule has 8 amide bonds. The second kappa shape index (κ2) is 32.9. The normalized spacial score (nSPS) is 22.4. The fourth-order valence-electron chi connectivity index (χ4n) is 8.20. The highest BCUT2D eigenvalue weighted by Gasteiger charge is 2.38. The number of nitrogens with one attached hydrogen (secondary N) is 8. The summed E-state index contributed by atoms with van der Waals surface area (Å²) in [5, 5.41) is 57.0. The number of hydrogen-bond acceptors (Lipinski definition) is 18. The summed E-state index contributed by atoms with van der Waals surface area (Å²) in [6.07, 6.45) is -1.74. The van der Waals surface area contributed by atoms with Crippen LogP contribution in [0.3, 0.4) is 0 Å². The molecule has 2 heterocycles. The Balaban J connectivity index is 1.70. The fraction of sp³-hybridized carbons (Fsp3) is 0.509. The van der Waals surface area contributed by atoms with Gasteiger partial charge in [-0.3, -0.25) is 43.3 Å². The maximum absolute atomic E-state index is 14.2. The minimum Gasteiger partial charge on any atom is -0.494 e. The molecule has 28 heteroatoms. The topological polar surface area (TPSA) is 471 Å². The van der Waals surface area contributed by atoms with E-state index < -0.39 is 127 Å². The number of nitrogens with two attached hydrogens (primary N) is 5. The number of aliphatic hydroxyl groups is 3. The molecule has 21 N–H and O–H groups in total. The summed E-state index contributed by atoms with van der Waals surface area (Å²) in [4.78, 5) is 116. The average Bonchev–Trinajstić information content (AvgIpc) is 4.00. The van der Waals surface area contributed by atoms with Crippen LogP contribution in [-0.2, 0) is 33.6 Å². The maximum Gasteiger partial charge on any atom is 0.268 e. The molecule has 0 aliphatic carbocycles. The molecule has 1 fully saturated rings. The van der Waals surface area contributed by atoms with Crippen LogP contribution in [0.5, 0.6) is 5.75 Å². The van der Waals surface area contributed by atoms with Gasteiger partial charge in [-0.15, -0.1) is 0 Å². The predicted molar refractivity (Wildman–Crippen MR) is 297 cm³/mol. The van der Waals surface area contributed by atoms with Crippen molar-refractivity contribution < 1.29 is 62.9 Å². The van der Waals surface area contributed by atoms with Crippen molar-refractivity contribution in [3.8, 4) is 28.3 Å². The van der Waals surface area contributed by atoms with E-state index in [0.717, 1.165) is 30.9 Å². The Morgan fingerprint density at radius 1 is 0.778 bits per heavy atom. The first kappa shape index (κ1) is 65.5. The van der Waals surface area contributed by atoms with Gasteiger partial charge < -0.3 is 95.8 Å². The van der Waals surface area contributed by atoms with Gasteiger partial charge in [0.15, 0.2) is 11.7 Å². The zero-order chi connectivity index (χ0) is 59.8. The Kier molecular flexibility index (Phi) is 26.6. The Morgan fingerprint density at radius 3 is 1.98 bits per heavy atom. The molecule has 1 saturated heterocycles. The molecule has 0 spiro atoms. The second-order valence-corrected chi connectivity index (χ2v) is 19.6. The summed E-state index contributed by atoms with van der Waals surface area (Å²) in [5.41, 5.74) is 29.5. The number of unbranched alkanes of at least 4 members (excludes halogenated alkanes) is 2. The van der Waals surface area contributed by atoms with Crippen molar-refractivity contribution in [2.24, 2.45) is 39.6 Å². The van der Waals surface area contributed by atoms with E-state index in [1.165, 1.54) is 19.1 Å². The van der Waals surface area contributed by atoms with Crippen molar-refractivity contribution in [2.75, 3.05) is 39.3 Å². The van der Waals surface area contributed by atoms with Crippen molar-refractivity contribution in [3.63, 3.8) is 0 Å². The van der Waals surface area contributed by atoms with Gasteiger partial charge in [-0.25, -0.2) is 0 Å². The van der Waals surface area contributed by atoms with E-state index in [9.17, 15) is 53.7 Å². The number of β-amino-alcohol motifs (C(OH)–C–C–N with tert-alkyl or cyclic N) is 1. The van der Waals surface area contributed by atoms with Crippen LogP contribution >= 0.6 is 0 Å². The van der Waals surface area contributed by atoms with Gasteiger partial charge in [0.25, 0.3) is 11.8 Å². The molecular weight excluding hydrogens is 1050 g/mol. The molecule has 4 rings (SSSR count). The van der Waals surface area contributed by atoms with Crippen LogP contribution in [0, 0.1) is 5.92 Å². The van der Waals surface area contributed by atoms with Gasteiger partial charge in [0.2, 0.25) is 35.4 Å². The number of nitrogens with zero attached hydrogens (tertiary/aromatic N) is 2. The smallest absolute Gasteiger partial charge is 0.268 e. The van der Waals surface area contributed by atoms with E-state index in [-0.39, 0.29) is 56.2 Å². The standard InChI is InChI=1S/C53H79N15O13/c1-5-7-8-22-80-32-17-15-30(16-18-32)41-24-36(68-81-41)29-11-13-31(14-12-29)45(72)65-44-40(71)27-60-50(77)42(38(69)25-55)67-52(79)43(39(70)26-56)66-48(75)34(10-9-21-59-53(57)58)62-49(76)37(23-28(3)4)64-47(74)35(19-20-54)63-46(73)33(6-2)61-51(44)78/h6,11-18,24,28,34-35,37-40,42-44,69-71H,5,7-10,19-23,25-27,54-56H2,1-4H3,(H,60,77)(H,61,78)(H,62,76)(H,63,73)(H,64,74)(H,65,72)(H,66,75)(H,67,79)(H4,57,58,59)/b33-6-/t34-,35-,37-,38?,39?,40?,42?,43?,44?/m0/s1. The zero-order valence-electron chi connectivity index (χ0n) is 45.9. The maximum atomic E-state index is 14.2. The van der Waals surface area contributed by atoms with Crippen LogP contribution in [0.25, 0.3) is 22.6 Å². The summed E-state index contributed by atoms with van der Waals surface area (Å²) in [6, 6.07) is 4.79. The third kappa shape index (κ3) is 20.2. The lowest BCUT2D eigenvalue weighted by Crippen LogP contribution is -2.64. The summed E-state index contributed by atoms with van der Waals surface area (Å²) in [6.45, 7) is 5.27. The van der Waals surface area contributed by atoms with Gasteiger partial charge in [-0.2, -0.15) is 0 Å². The number of ether oxygens (including phenoxy) is 1. The first-order valence-electron chi connectivity index (χ1n) is 26.7. The first-order valence-corrected chi connectivity index (χ1v) is 26.7. The monoisotopic (exact) mass is 1130 g/mol. The van der Waals surface area contributed by atoms with E-state index in [2.05, 4.69) is 59.6 Å². The lowest BCUT2D eigenvalue weighted by Gasteiger charge is -2.30. The van der Waals surface area contributed by atoms with Crippen molar-refractivity contribution >= 4 is 53.2 Å². The summed E-state index contributed by atoms with van der Waals surface area (Å²) in [5.74, 6) is -7.77. The van der Waals surface area contributed by atoms with E-state index in [1.807, 2.05) is 24.3 Å². The highest BCUT2D eigenvalue weighted by molar-refractivity contribution is 6.03. The van der Waals surface area contributed by atoms with Crippen molar-refractivity contribution in [3.05, 3.63) is 71.9 Å². The lowest BCUT2D eigenvalue weighted by atomic mass is 10.0. The minimum absolute atomic E-state index is 0.00319. The fourth-order valence-corrected chi connectivity index (χ4v) is 8.20. The van der Waals surface area contributed by atoms with Crippen LogP contribution in [0.1, 0.15) is 83.0 Å². The number of allylic oxidation sites excluding steroid dienone is 1. The van der Waals surface area contributed by atoms with E-state index in [0.29, 0.717) is 29.4 Å². The third-order valence-electron chi connectivity index (χ3n) is 12.7. The van der Waals surface area contributed by atoms with Crippen LogP contribution in [0.4, 0.5) is 0 Å². The van der Waals surface area contributed by atoms with Gasteiger partial charge in [0, 0.05) is 48.9 Å². The van der Waals surface area contributed by atoms with Gasteiger partial charge in [-0.05, 0) is 87.9 Å². The lowest BCUT2D eigenvalue weighted by molar-refractivity contribution is -0.137. The number of carbonyl (C=O) groups excluding carboxylic acids is 8. The summed E-state index contributed by atoms with van der Waals surface area (Å²) < 4.78 is 11.4. The zero-order valence-corrected chi connectivity index (χ0v) is 45.9. The minimum atomic E-state index is -2.03. The summed E-state index contributed by atoms with van der Waals surface area (Å²) in [7, 11) is 0. The number of hydrogen-bond donors (Lipinski definition) is 16. The molecule has 0 saturated carbocycles. The highest BCUT2D eigenvalue weighted by Crippen LogP contribution is 2.28. The molecule has 81 heavy (non-hydrogen) atoms. The molecule has 444 valence electrons. The van der Waals surface area contributed by atoms with Crippen molar-refractivity contribution in [1.82, 2.24) is 47.7 Å². The van der Waals surface area contributed by atoms with Crippen LogP contribution in [0.2, 0.25) is 0 Å². The number of aliphatic imine (C=N–C) groups is 1. The van der Waals surface area contributed by atoms with Crippen LogP contribution in [0.15, 0.2) is 75.9 Å². The third-order valence-corrected chi connectivity index (χ3v) is 12.7. The molecule has 6 unspecified atom stereocenters. The molecule has 1 aliphatic heterocycles. The first-order chi connectivity index (χ1) is 38.6. The number of benzene rings is 2. The van der Waals surface area contributed by atoms with Gasteiger partial charge >= 0.3 is 0 Å². The quantitative estimate of drug-likeness (QED) is 0.0215. The van der Waals surface area contributed by atoms with Gasteiger partial charge in [-0.1, -0.05) is 57.0 Å². The van der Waals surface area contributed by atoms with Crippen molar-refractivity contribution in [2.45, 2.75) is 127 Å². The predicted octanol–water partition coefficient (Wildman–Crippen LogP) is -3.30. The SMILES string of the molecule is C/C=C1\NC(=O)C(NC(=O)c2ccc(-c3cc(-c4ccc(OCCCCC)cc4)on3)cc2)C(O)CNC(=O)C(C(O)CN)NC(=O)C(C(O)CN)NC(=O)[C@H](CCCN=C(N)N)NC(=O)[C@H](CC(C)C)NC(=O)[C@H](CCN)NC1=O. The Labute approximate surface area is 468 Å². The molecule has 3 aromatic rings. The highest BCUT2D eigenvalue weighted by atomic mass is 16.5. The Morgan fingerprint density at radius 2 is 1.37 bits per heavy atom. The largest absolute Gasteiger partial charge is 0.494 e. The van der Waals surface area contributed by atoms with Crippen LogP contribution in [-0.4, -0.2) is 168 Å². The molecule has 1 aliphatic rings. The number of aromatic nitrogens is 1. The number of carbonyl (C=O) groups is 8. The van der Waals surface area contributed by atoms with E-state index >= 15 is 0 Å². The van der Waals surface area contributed by atoms with Crippen molar-refractivity contribution in [1.29, 1.82) is 0 Å². The molecule has 0 radical (unpaired) electrons. The second-order valence-electron chi connectivity index (χ2n) is 19.6. The molecule has 9 atom stereocenters. The Hall–Kier alpha value is -8.02. The summed E-state index contributed by atoms with van der Waals surface area (Å²) >= 11 is 0.